The Morgan fingerprint density at radius 2 is 1.91 bits per heavy atom. The van der Waals surface area contributed by atoms with Gasteiger partial charge in [-0.15, -0.1) is 22.7 Å². The first-order valence-corrected chi connectivity index (χ1v) is 12.4. The molecule has 12 heteroatoms. The second kappa shape index (κ2) is 9.06. The summed E-state index contributed by atoms with van der Waals surface area (Å²) in [4.78, 5) is 23.8. The average Bonchev–Trinajstić information content (AvgIpc) is 3.60. The van der Waals surface area contributed by atoms with Gasteiger partial charge in [0.2, 0.25) is 17.6 Å². The normalized spacial score (nSPS) is 15.8. The van der Waals surface area contributed by atoms with Gasteiger partial charge in [0.15, 0.2) is 10.6 Å². The lowest BCUT2D eigenvalue weighted by Gasteiger charge is -2.35. The molecule has 0 bridgehead atoms. The summed E-state index contributed by atoms with van der Waals surface area (Å²) < 4.78 is 7.67. The van der Waals surface area contributed by atoms with Gasteiger partial charge >= 0.3 is 0 Å². The maximum atomic E-state index is 13.2. The highest BCUT2D eigenvalue weighted by Crippen LogP contribution is 2.27. The number of hydrogen-bond acceptors (Lipinski definition) is 9. The van der Waals surface area contributed by atoms with Gasteiger partial charge in [-0.25, -0.2) is 0 Å². The van der Waals surface area contributed by atoms with Gasteiger partial charge in [-0.3, -0.25) is 19.4 Å². The molecule has 5 rings (SSSR count). The van der Waals surface area contributed by atoms with Crippen molar-refractivity contribution in [1.29, 1.82) is 0 Å². The smallest absolute Gasteiger partial charge is 0.245 e. The van der Waals surface area contributed by atoms with Crippen LogP contribution in [0.3, 0.4) is 0 Å². The minimum absolute atomic E-state index is 0.0396. The zero-order valence-electron chi connectivity index (χ0n) is 17.3. The van der Waals surface area contributed by atoms with Crippen molar-refractivity contribution in [3.05, 3.63) is 45.7 Å². The van der Waals surface area contributed by atoms with Gasteiger partial charge in [-0.2, -0.15) is 10.1 Å². The standard InChI is InChI=1S/C20H21N7O2S3/c1-13(27-18(22-23-20(27)30)15-5-3-11-32-15)19(28)26-8-6-25(7-9-26)12-16-21-17(24-29-16)14-4-2-10-31-14/h2-5,10-11,13H,6-9,12H2,1H3,(H,23,30). The first-order chi connectivity index (χ1) is 15.6. The van der Waals surface area contributed by atoms with Crippen LogP contribution in [0.4, 0.5) is 0 Å². The summed E-state index contributed by atoms with van der Waals surface area (Å²) in [6.45, 7) is 5.20. The Bertz CT molecular complexity index is 1230. The molecule has 0 spiro atoms. The van der Waals surface area contributed by atoms with Crippen molar-refractivity contribution in [2.75, 3.05) is 26.2 Å². The Labute approximate surface area is 197 Å². The third kappa shape index (κ3) is 4.18. The van der Waals surface area contributed by atoms with Crippen molar-refractivity contribution >= 4 is 40.8 Å². The molecule has 5 heterocycles. The highest BCUT2D eigenvalue weighted by molar-refractivity contribution is 7.71. The Hall–Kier alpha value is -2.67. The number of carbonyl (C=O) groups is 1. The SMILES string of the molecule is CC(C(=O)N1CCN(Cc2nc(-c3cccs3)no2)CC1)n1c(-c2cccs2)n[nH]c1=S. The first kappa shape index (κ1) is 21.2. The molecule has 0 aromatic carbocycles. The van der Waals surface area contributed by atoms with E-state index >= 15 is 0 Å². The van der Waals surface area contributed by atoms with E-state index in [2.05, 4.69) is 25.2 Å². The Balaban J connectivity index is 1.21. The van der Waals surface area contributed by atoms with E-state index in [1.807, 2.05) is 46.8 Å². The van der Waals surface area contributed by atoms with E-state index in [1.165, 1.54) is 0 Å². The molecule has 1 amide bonds. The predicted molar refractivity (Wildman–Crippen MR) is 125 cm³/mol. The van der Waals surface area contributed by atoms with Crippen LogP contribution in [0.15, 0.2) is 39.5 Å². The van der Waals surface area contributed by atoms with Gasteiger partial charge in [-0.1, -0.05) is 17.3 Å². The molecule has 1 aliphatic rings. The molecule has 1 fully saturated rings. The van der Waals surface area contributed by atoms with Crippen LogP contribution in [-0.2, 0) is 11.3 Å². The van der Waals surface area contributed by atoms with Gasteiger partial charge in [0.25, 0.3) is 0 Å². The van der Waals surface area contributed by atoms with E-state index in [-0.39, 0.29) is 5.91 Å². The van der Waals surface area contributed by atoms with Gasteiger partial charge in [0.1, 0.15) is 6.04 Å². The molecular formula is C20H21N7O2S3. The fourth-order valence-corrected chi connectivity index (χ4v) is 5.41. The largest absolute Gasteiger partial charge is 0.338 e. The molecule has 1 unspecified atom stereocenters. The zero-order chi connectivity index (χ0) is 22.1. The maximum absolute atomic E-state index is 13.2. The second-order valence-corrected chi connectivity index (χ2v) is 9.75. The molecule has 32 heavy (non-hydrogen) atoms. The molecule has 1 atom stereocenters. The molecular weight excluding hydrogens is 466 g/mol. The number of H-pyrrole nitrogens is 1. The minimum atomic E-state index is -0.436. The summed E-state index contributed by atoms with van der Waals surface area (Å²) in [5.41, 5.74) is 0. The Morgan fingerprint density at radius 1 is 1.19 bits per heavy atom. The van der Waals surface area contributed by atoms with Gasteiger partial charge in [0.05, 0.1) is 16.3 Å². The highest BCUT2D eigenvalue weighted by atomic mass is 32.1. The molecule has 1 saturated heterocycles. The molecule has 4 aromatic heterocycles. The molecule has 166 valence electrons. The van der Waals surface area contributed by atoms with Crippen molar-refractivity contribution in [3.8, 4) is 21.4 Å². The summed E-state index contributed by atoms with van der Waals surface area (Å²) in [6.07, 6.45) is 0. The van der Waals surface area contributed by atoms with Crippen molar-refractivity contribution in [2.45, 2.75) is 19.5 Å². The summed E-state index contributed by atoms with van der Waals surface area (Å²) in [7, 11) is 0. The van der Waals surface area contributed by atoms with Crippen LogP contribution in [0.5, 0.6) is 0 Å². The van der Waals surface area contributed by atoms with E-state index in [0.29, 0.717) is 41.9 Å². The maximum Gasteiger partial charge on any atom is 0.245 e. The van der Waals surface area contributed by atoms with Crippen molar-refractivity contribution in [2.24, 2.45) is 0 Å². The number of nitrogens with one attached hydrogen (secondary N) is 1. The molecule has 0 radical (unpaired) electrons. The van der Waals surface area contributed by atoms with Crippen LogP contribution < -0.4 is 0 Å². The number of amides is 1. The second-order valence-electron chi connectivity index (χ2n) is 7.47. The number of thiophene rings is 2. The van der Waals surface area contributed by atoms with Gasteiger partial charge in [-0.05, 0) is 42.0 Å². The minimum Gasteiger partial charge on any atom is -0.338 e. The van der Waals surface area contributed by atoms with E-state index in [1.54, 1.807) is 27.2 Å². The number of nitrogens with zero attached hydrogens (tertiary/aromatic N) is 6. The molecule has 9 nitrogen and oxygen atoms in total. The number of hydrogen-bond donors (Lipinski definition) is 1. The third-order valence-corrected chi connectivity index (χ3v) is 7.46. The monoisotopic (exact) mass is 487 g/mol. The lowest BCUT2D eigenvalue weighted by atomic mass is 10.2. The molecule has 4 aromatic rings. The quantitative estimate of drug-likeness (QED) is 0.414. The number of rotatable bonds is 6. The van der Waals surface area contributed by atoms with Crippen LogP contribution >= 0.6 is 34.9 Å². The van der Waals surface area contributed by atoms with Gasteiger partial charge < -0.3 is 9.42 Å². The van der Waals surface area contributed by atoms with Crippen LogP contribution in [0.1, 0.15) is 18.9 Å². The van der Waals surface area contributed by atoms with E-state index < -0.39 is 6.04 Å². The third-order valence-electron chi connectivity index (χ3n) is 5.44. The van der Waals surface area contributed by atoms with Crippen LogP contribution in [-0.4, -0.2) is 66.8 Å². The molecule has 1 aliphatic heterocycles. The summed E-state index contributed by atoms with van der Waals surface area (Å²) >= 11 is 8.57. The van der Waals surface area contributed by atoms with Crippen LogP contribution in [0, 0.1) is 4.77 Å². The number of carbonyl (C=O) groups excluding carboxylic acids is 1. The van der Waals surface area contributed by atoms with Gasteiger partial charge in [0, 0.05) is 26.2 Å². The fraction of sp³-hybridized carbons (Fsp3) is 0.350. The van der Waals surface area contributed by atoms with Crippen LogP contribution in [0.2, 0.25) is 0 Å². The molecule has 0 saturated carbocycles. The zero-order valence-corrected chi connectivity index (χ0v) is 19.8. The topological polar surface area (TPSA) is 96.1 Å². The van der Waals surface area contributed by atoms with E-state index in [0.717, 1.165) is 22.8 Å². The number of piperazine rings is 1. The predicted octanol–water partition coefficient (Wildman–Crippen LogP) is 3.69. The van der Waals surface area contributed by atoms with E-state index in [9.17, 15) is 4.79 Å². The van der Waals surface area contributed by atoms with Crippen LogP contribution in [0.25, 0.3) is 21.4 Å². The molecule has 0 aliphatic carbocycles. The number of aromatic amines is 1. The lowest BCUT2D eigenvalue weighted by molar-refractivity contribution is -0.136. The lowest BCUT2D eigenvalue weighted by Crippen LogP contribution is -2.50. The van der Waals surface area contributed by atoms with E-state index in [4.69, 9.17) is 16.7 Å². The average molecular weight is 488 g/mol. The Kier molecular flexibility index (Phi) is 6.00. The molecule has 1 N–H and O–H groups in total. The summed E-state index contributed by atoms with van der Waals surface area (Å²) in [5.74, 6) is 1.95. The number of aromatic nitrogens is 5. The highest BCUT2D eigenvalue weighted by Gasteiger charge is 2.29. The summed E-state index contributed by atoms with van der Waals surface area (Å²) in [5, 5.41) is 15.2. The Morgan fingerprint density at radius 3 is 2.59 bits per heavy atom. The van der Waals surface area contributed by atoms with Crippen molar-refractivity contribution in [1.82, 2.24) is 34.7 Å². The van der Waals surface area contributed by atoms with Crippen molar-refractivity contribution < 1.29 is 9.32 Å². The first-order valence-electron chi connectivity index (χ1n) is 10.2. The fourth-order valence-electron chi connectivity index (χ4n) is 3.76. The van der Waals surface area contributed by atoms with Crippen molar-refractivity contribution in [3.63, 3.8) is 0 Å². The summed E-state index contributed by atoms with van der Waals surface area (Å²) in [6, 6.07) is 7.44.